The van der Waals surface area contributed by atoms with E-state index in [9.17, 15) is 0 Å². The zero-order valence-corrected chi connectivity index (χ0v) is 19.5. The Hall–Kier alpha value is -3.65. The minimum atomic E-state index is -0.0710. The first-order valence-electron chi connectivity index (χ1n) is 11.9. The van der Waals surface area contributed by atoms with E-state index in [-0.39, 0.29) is 5.54 Å². The smallest absolute Gasteiger partial charge is 0.213 e. The van der Waals surface area contributed by atoms with Gasteiger partial charge in [0.2, 0.25) is 5.69 Å². The quantitative estimate of drug-likeness (QED) is 0.280. The van der Waals surface area contributed by atoms with Crippen molar-refractivity contribution >= 4 is 22.6 Å². The molecule has 1 atom stereocenters. The average Bonchev–Trinajstić information content (AvgIpc) is 2.88. The molecule has 1 aromatic heterocycles. The zero-order valence-electron chi connectivity index (χ0n) is 19.5. The summed E-state index contributed by atoms with van der Waals surface area (Å²) < 4.78 is 2.47. The first-order chi connectivity index (χ1) is 16.2. The minimum absolute atomic E-state index is 0.0710. The molecule has 0 spiro atoms. The number of rotatable bonds is 6. The van der Waals surface area contributed by atoms with Crippen LogP contribution >= 0.6 is 0 Å². The number of fused-ring (bicyclic) bond motifs is 3. The van der Waals surface area contributed by atoms with Crippen molar-refractivity contribution in [1.29, 1.82) is 0 Å². The van der Waals surface area contributed by atoms with Gasteiger partial charge in [0.15, 0.2) is 11.7 Å². The van der Waals surface area contributed by atoms with Crippen molar-refractivity contribution < 1.29 is 4.57 Å². The number of anilines is 3. The van der Waals surface area contributed by atoms with Gasteiger partial charge in [-0.05, 0) is 54.4 Å². The van der Waals surface area contributed by atoms with Crippen molar-refractivity contribution in [2.45, 2.75) is 38.6 Å². The van der Waals surface area contributed by atoms with E-state index in [2.05, 4.69) is 133 Å². The van der Waals surface area contributed by atoms with Gasteiger partial charge >= 0.3 is 0 Å². The molecule has 3 aromatic carbocycles. The number of nitrogens with zero attached hydrogens (tertiary/aromatic N) is 2. The van der Waals surface area contributed by atoms with E-state index < -0.39 is 0 Å². The summed E-state index contributed by atoms with van der Waals surface area (Å²) in [6, 6.07) is 34.6. The van der Waals surface area contributed by atoms with Crippen LogP contribution in [0, 0.1) is 0 Å². The number of para-hydroxylation sites is 2. The van der Waals surface area contributed by atoms with Crippen LogP contribution in [-0.4, -0.2) is 0 Å². The van der Waals surface area contributed by atoms with Crippen molar-refractivity contribution in [3.63, 3.8) is 0 Å². The second kappa shape index (κ2) is 8.71. The van der Waals surface area contributed by atoms with Crippen LogP contribution < -0.4 is 9.47 Å². The molecule has 2 heteroatoms. The summed E-state index contributed by atoms with van der Waals surface area (Å²) in [5.41, 5.74) is 8.37. The van der Waals surface area contributed by atoms with Crippen LogP contribution in [-0.2, 0) is 5.54 Å². The first-order valence-corrected chi connectivity index (χ1v) is 11.9. The molecule has 164 valence electrons. The number of allylic oxidation sites excluding steroid dienone is 1. The molecule has 0 aliphatic carbocycles. The Labute approximate surface area is 197 Å². The molecule has 0 fully saturated rings. The molecule has 5 rings (SSSR count). The number of pyridine rings is 1. The summed E-state index contributed by atoms with van der Waals surface area (Å²) in [4.78, 5) is 2.32. The minimum Gasteiger partial charge on any atom is -0.310 e. The van der Waals surface area contributed by atoms with Gasteiger partial charge in [-0.3, -0.25) is 0 Å². The highest BCUT2D eigenvalue weighted by Gasteiger charge is 2.47. The van der Waals surface area contributed by atoms with Gasteiger partial charge in [0.05, 0.1) is 5.56 Å². The Kier molecular flexibility index (Phi) is 5.60. The molecule has 0 radical (unpaired) electrons. The van der Waals surface area contributed by atoms with Crippen LogP contribution in [0.1, 0.15) is 38.7 Å². The number of hydrogen-bond donors (Lipinski definition) is 0. The van der Waals surface area contributed by atoms with Crippen LogP contribution in [0.15, 0.2) is 110 Å². The first kappa shape index (κ1) is 21.2. The molecule has 2 heterocycles. The van der Waals surface area contributed by atoms with Crippen LogP contribution in [0.5, 0.6) is 0 Å². The van der Waals surface area contributed by atoms with Gasteiger partial charge in [-0.2, -0.15) is 4.57 Å². The Balaban J connectivity index is 1.72. The van der Waals surface area contributed by atoms with Crippen molar-refractivity contribution in [2.75, 3.05) is 4.90 Å². The standard InChI is InChI=1S/C31H31N2/c1-4-21-31(5-2)24(3)28-20-19-27(23-29(28)30-18-12-13-22-32(30)31)33(25-14-8-6-9-15-25)26-16-10-7-11-17-26/h6-20,22-23H,3-5,21H2,1-2H3/q+1. The summed E-state index contributed by atoms with van der Waals surface area (Å²) in [7, 11) is 0. The fourth-order valence-corrected chi connectivity index (χ4v) is 5.43. The van der Waals surface area contributed by atoms with Crippen molar-refractivity contribution in [2.24, 2.45) is 0 Å². The molecule has 0 bridgehead atoms. The molecule has 1 unspecified atom stereocenters. The predicted octanol–water partition coefficient (Wildman–Crippen LogP) is 8.04. The molecule has 33 heavy (non-hydrogen) atoms. The maximum absolute atomic E-state index is 4.65. The molecule has 1 aliphatic rings. The van der Waals surface area contributed by atoms with E-state index >= 15 is 0 Å². The van der Waals surface area contributed by atoms with E-state index in [0.717, 1.165) is 36.3 Å². The van der Waals surface area contributed by atoms with Gasteiger partial charge in [0.25, 0.3) is 0 Å². The topological polar surface area (TPSA) is 7.12 Å². The molecule has 0 saturated heterocycles. The lowest BCUT2D eigenvalue weighted by atomic mass is 9.74. The van der Waals surface area contributed by atoms with Crippen LogP contribution in [0.4, 0.5) is 17.1 Å². The lowest BCUT2D eigenvalue weighted by Crippen LogP contribution is -2.59. The van der Waals surface area contributed by atoms with E-state index in [0.29, 0.717) is 0 Å². The van der Waals surface area contributed by atoms with Crippen LogP contribution in [0.25, 0.3) is 16.8 Å². The van der Waals surface area contributed by atoms with Gasteiger partial charge in [0.1, 0.15) is 0 Å². The highest BCUT2D eigenvalue weighted by Crippen LogP contribution is 2.46. The highest BCUT2D eigenvalue weighted by atomic mass is 15.1. The average molecular weight is 432 g/mol. The van der Waals surface area contributed by atoms with E-state index in [4.69, 9.17) is 0 Å². The molecule has 2 nitrogen and oxygen atoms in total. The third-order valence-corrected chi connectivity index (χ3v) is 7.02. The Bertz CT molecular complexity index is 1240. The number of aromatic nitrogens is 1. The molecule has 4 aromatic rings. The molecule has 0 N–H and O–H groups in total. The van der Waals surface area contributed by atoms with Gasteiger partial charge in [-0.15, -0.1) is 0 Å². The molecule has 0 saturated carbocycles. The van der Waals surface area contributed by atoms with E-state index in [1.807, 2.05) is 0 Å². The van der Waals surface area contributed by atoms with Gasteiger partial charge < -0.3 is 4.90 Å². The number of benzene rings is 3. The maximum atomic E-state index is 4.65. The van der Waals surface area contributed by atoms with Gasteiger partial charge in [-0.1, -0.05) is 62.9 Å². The van der Waals surface area contributed by atoms with Crippen molar-refractivity contribution in [1.82, 2.24) is 0 Å². The summed E-state index contributed by atoms with van der Waals surface area (Å²) in [5.74, 6) is 0. The zero-order chi connectivity index (χ0) is 22.8. The second-order valence-electron chi connectivity index (χ2n) is 8.81. The van der Waals surface area contributed by atoms with Crippen molar-refractivity contribution in [3.8, 4) is 11.3 Å². The Morgan fingerprint density at radius 3 is 1.97 bits per heavy atom. The fourth-order valence-electron chi connectivity index (χ4n) is 5.43. The summed E-state index contributed by atoms with van der Waals surface area (Å²) in [5, 5.41) is 0. The maximum Gasteiger partial charge on any atom is 0.213 e. The van der Waals surface area contributed by atoms with Gasteiger partial charge in [0, 0.05) is 47.6 Å². The molecular weight excluding hydrogens is 400 g/mol. The van der Waals surface area contributed by atoms with Crippen LogP contribution in [0.3, 0.4) is 0 Å². The number of hydrogen-bond acceptors (Lipinski definition) is 1. The SMILES string of the molecule is C=C1c2ccc(N(c3ccccc3)c3ccccc3)cc2-c2cccc[n+]2C1(CC)CCC. The summed E-state index contributed by atoms with van der Waals surface area (Å²) in [6.45, 7) is 9.21. The van der Waals surface area contributed by atoms with E-state index in [1.54, 1.807) is 0 Å². The largest absolute Gasteiger partial charge is 0.310 e. The normalized spacial score (nSPS) is 16.7. The Morgan fingerprint density at radius 1 is 0.727 bits per heavy atom. The lowest BCUT2D eigenvalue weighted by Gasteiger charge is -2.36. The molecular formula is C31H31N2+. The van der Waals surface area contributed by atoms with Gasteiger partial charge in [-0.25, -0.2) is 0 Å². The highest BCUT2D eigenvalue weighted by molar-refractivity contribution is 5.87. The third-order valence-electron chi connectivity index (χ3n) is 7.02. The monoisotopic (exact) mass is 431 g/mol. The van der Waals surface area contributed by atoms with Crippen molar-refractivity contribution in [3.05, 3.63) is 115 Å². The fraction of sp³-hybridized carbons (Fsp3) is 0.194. The molecule has 0 amide bonds. The van der Waals surface area contributed by atoms with E-state index in [1.165, 1.54) is 22.4 Å². The second-order valence-corrected chi connectivity index (χ2v) is 8.81. The summed E-state index contributed by atoms with van der Waals surface area (Å²) in [6.07, 6.45) is 5.48. The molecule has 1 aliphatic heterocycles. The Morgan fingerprint density at radius 2 is 1.36 bits per heavy atom. The van der Waals surface area contributed by atoms with Crippen LogP contribution in [0.2, 0.25) is 0 Å². The predicted molar refractivity (Wildman–Crippen MR) is 139 cm³/mol. The third kappa shape index (κ3) is 3.47. The lowest BCUT2D eigenvalue weighted by molar-refractivity contribution is -0.742. The summed E-state index contributed by atoms with van der Waals surface area (Å²) >= 11 is 0.